The van der Waals surface area contributed by atoms with Gasteiger partial charge >= 0.3 is 0 Å². The first-order chi connectivity index (χ1) is 8.60. The molecule has 0 aliphatic carbocycles. The standard InChI is InChI=1S/C13H23N5/c1-5-14-12-8-10(2)15-13(16-12)11-9-17(3)6-7-18(11)4/h8,11H,5-7,9H2,1-4H3,(H,14,15,16). The van der Waals surface area contributed by atoms with Crippen LogP contribution in [0.15, 0.2) is 6.07 Å². The lowest BCUT2D eigenvalue weighted by Gasteiger charge is -2.36. The van der Waals surface area contributed by atoms with Crippen LogP contribution >= 0.6 is 0 Å². The minimum atomic E-state index is 0.293. The molecule has 1 saturated heterocycles. The molecule has 0 aromatic carbocycles. The molecule has 1 fully saturated rings. The Morgan fingerprint density at radius 1 is 1.33 bits per heavy atom. The summed E-state index contributed by atoms with van der Waals surface area (Å²) in [4.78, 5) is 13.9. The van der Waals surface area contributed by atoms with Gasteiger partial charge in [0.15, 0.2) is 0 Å². The van der Waals surface area contributed by atoms with Crippen molar-refractivity contribution in [3.63, 3.8) is 0 Å². The molecule has 0 amide bonds. The van der Waals surface area contributed by atoms with E-state index in [0.717, 1.165) is 43.5 Å². The normalized spacial score (nSPS) is 22.1. The topological polar surface area (TPSA) is 44.3 Å². The van der Waals surface area contributed by atoms with Gasteiger partial charge in [0, 0.05) is 37.9 Å². The number of piperazine rings is 1. The third-order valence-electron chi connectivity index (χ3n) is 3.38. The Bertz CT molecular complexity index is 406. The van der Waals surface area contributed by atoms with Crippen molar-refractivity contribution in [2.75, 3.05) is 45.6 Å². The van der Waals surface area contributed by atoms with Crippen molar-refractivity contribution < 1.29 is 0 Å². The Hall–Kier alpha value is -1.20. The van der Waals surface area contributed by atoms with Crippen molar-refractivity contribution in [2.45, 2.75) is 19.9 Å². The molecule has 1 aliphatic rings. The van der Waals surface area contributed by atoms with Crippen molar-refractivity contribution >= 4 is 5.82 Å². The zero-order valence-corrected chi connectivity index (χ0v) is 11.8. The predicted octanol–water partition coefficient (Wildman–Crippen LogP) is 1.14. The van der Waals surface area contributed by atoms with Crippen LogP contribution in [-0.2, 0) is 0 Å². The maximum absolute atomic E-state index is 4.64. The van der Waals surface area contributed by atoms with Crippen LogP contribution in [0, 0.1) is 6.92 Å². The third-order valence-corrected chi connectivity index (χ3v) is 3.38. The van der Waals surface area contributed by atoms with Gasteiger partial charge in [-0.3, -0.25) is 4.90 Å². The summed E-state index contributed by atoms with van der Waals surface area (Å²) in [7, 11) is 4.30. The molecular formula is C13H23N5. The largest absolute Gasteiger partial charge is 0.370 e. The summed E-state index contributed by atoms with van der Waals surface area (Å²) in [6.07, 6.45) is 0. The van der Waals surface area contributed by atoms with Gasteiger partial charge in [-0.2, -0.15) is 0 Å². The van der Waals surface area contributed by atoms with Gasteiger partial charge in [-0.25, -0.2) is 9.97 Å². The number of rotatable bonds is 3. The molecule has 1 unspecified atom stereocenters. The highest BCUT2D eigenvalue weighted by Gasteiger charge is 2.26. The molecule has 18 heavy (non-hydrogen) atoms. The molecule has 1 atom stereocenters. The summed E-state index contributed by atoms with van der Waals surface area (Å²) in [6.45, 7) is 8.16. The van der Waals surface area contributed by atoms with E-state index in [9.17, 15) is 0 Å². The Labute approximate surface area is 109 Å². The zero-order valence-electron chi connectivity index (χ0n) is 11.8. The molecule has 5 nitrogen and oxygen atoms in total. The van der Waals surface area contributed by atoms with E-state index in [2.05, 4.69) is 46.1 Å². The number of nitrogens with zero attached hydrogens (tertiary/aromatic N) is 4. The van der Waals surface area contributed by atoms with Gasteiger partial charge in [0.25, 0.3) is 0 Å². The highest BCUT2D eigenvalue weighted by Crippen LogP contribution is 2.21. The van der Waals surface area contributed by atoms with Crippen molar-refractivity contribution in [3.05, 3.63) is 17.6 Å². The van der Waals surface area contributed by atoms with Crippen LogP contribution in [0.2, 0.25) is 0 Å². The fraction of sp³-hybridized carbons (Fsp3) is 0.692. The van der Waals surface area contributed by atoms with E-state index in [1.54, 1.807) is 0 Å². The Morgan fingerprint density at radius 3 is 2.83 bits per heavy atom. The molecule has 0 saturated carbocycles. The highest BCUT2D eigenvalue weighted by molar-refractivity contribution is 5.36. The maximum Gasteiger partial charge on any atom is 0.149 e. The molecular weight excluding hydrogens is 226 g/mol. The van der Waals surface area contributed by atoms with Gasteiger partial charge in [-0.1, -0.05) is 0 Å². The molecule has 0 bridgehead atoms. The van der Waals surface area contributed by atoms with Crippen LogP contribution in [0.5, 0.6) is 0 Å². The van der Waals surface area contributed by atoms with Gasteiger partial charge in [0.1, 0.15) is 11.6 Å². The van der Waals surface area contributed by atoms with Gasteiger partial charge < -0.3 is 10.2 Å². The van der Waals surface area contributed by atoms with Gasteiger partial charge in [-0.15, -0.1) is 0 Å². The number of aryl methyl sites for hydroxylation is 1. The van der Waals surface area contributed by atoms with Crippen molar-refractivity contribution in [2.24, 2.45) is 0 Å². The Kier molecular flexibility index (Phi) is 4.14. The first-order valence-electron chi connectivity index (χ1n) is 6.58. The fourth-order valence-electron chi connectivity index (χ4n) is 2.30. The molecule has 1 aromatic heterocycles. The summed E-state index contributed by atoms with van der Waals surface area (Å²) in [5, 5.41) is 3.27. The second kappa shape index (κ2) is 5.63. The van der Waals surface area contributed by atoms with Crippen LogP contribution in [0.3, 0.4) is 0 Å². The molecule has 1 aromatic rings. The molecule has 1 N–H and O–H groups in total. The van der Waals surface area contributed by atoms with Crippen LogP contribution in [0.1, 0.15) is 24.5 Å². The van der Waals surface area contributed by atoms with Crippen molar-refractivity contribution in [3.8, 4) is 0 Å². The average molecular weight is 249 g/mol. The molecule has 100 valence electrons. The molecule has 2 heterocycles. The summed E-state index contributed by atoms with van der Waals surface area (Å²) < 4.78 is 0. The lowest BCUT2D eigenvalue weighted by atomic mass is 10.1. The van der Waals surface area contributed by atoms with E-state index in [-0.39, 0.29) is 0 Å². The lowest BCUT2D eigenvalue weighted by molar-refractivity contribution is 0.109. The first kappa shape index (κ1) is 13.2. The highest BCUT2D eigenvalue weighted by atomic mass is 15.3. The average Bonchev–Trinajstić information content (AvgIpc) is 2.32. The quantitative estimate of drug-likeness (QED) is 0.870. The predicted molar refractivity (Wildman–Crippen MR) is 73.8 cm³/mol. The third kappa shape index (κ3) is 2.97. The summed E-state index contributed by atoms with van der Waals surface area (Å²) in [5.41, 5.74) is 1.03. The summed E-state index contributed by atoms with van der Waals surface area (Å²) in [6, 6.07) is 2.29. The second-order valence-corrected chi connectivity index (χ2v) is 5.04. The molecule has 0 spiro atoms. The number of hydrogen-bond acceptors (Lipinski definition) is 5. The van der Waals surface area contributed by atoms with Crippen molar-refractivity contribution in [1.82, 2.24) is 19.8 Å². The van der Waals surface area contributed by atoms with E-state index in [4.69, 9.17) is 0 Å². The minimum Gasteiger partial charge on any atom is -0.370 e. The van der Waals surface area contributed by atoms with Crippen LogP contribution in [0.25, 0.3) is 0 Å². The smallest absolute Gasteiger partial charge is 0.149 e. The van der Waals surface area contributed by atoms with Gasteiger partial charge in [0.2, 0.25) is 0 Å². The number of anilines is 1. The van der Waals surface area contributed by atoms with Crippen LogP contribution in [0.4, 0.5) is 5.82 Å². The summed E-state index contributed by atoms with van der Waals surface area (Å²) >= 11 is 0. The van der Waals surface area contributed by atoms with E-state index in [1.807, 2.05) is 13.0 Å². The van der Waals surface area contributed by atoms with E-state index < -0.39 is 0 Å². The van der Waals surface area contributed by atoms with Crippen molar-refractivity contribution in [1.29, 1.82) is 0 Å². The van der Waals surface area contributed by atoms with E-state index >= 15 is 0 Å². The van der Waals surface area contributed by atoms with Gasteiger partial charge in [0.05, 0.1) is 6.04 Å². The van der Waals surface area contributed by atoms with Crippen LogP contribution in [-0.4, -0.2) is 60.0 Å². The minimum absolute atomic E-state index is 0.293. The number of aromatic nitrogens is 2. The fourth-order valence-corrected chi connectivity index (χ4v) is 2.30. The lowest BCUT2D eigenvalue weighted by Crippen LogP contribution is -2.45. The molecule has 2 rings (SSSR count). The SMILES string of the molecule is CCNc1cc(C)nc(C2CN(C)CCN2C)n1. The zero-order chi connectivity index (χ0) is 13.1. The second-order valence-electron chi connectivity index (χ2n) is 5.04. The summed E-state index contributed by atoms with van der Waals surface area (Å²) in [5.74, 6) is 1.86. The number of nitrogens with one attached hydrogen (secondary N) is 1. The number of hydrogen-bond donors (Lipinski definition) is 1. The van der Waals surface area contributed by atoms with E-state index in [0.29, 0.717) is 6.04 Å². The monoisotopic (exact) mass is 249 g/mol. The maximum atomic E-state index is 4.64. The molecule has 5 heteroatoms. The Balaban J connectivity index is 2.25. The molecule has 1 aliphatic heterocycles. The van der Waals surface area contributed by atoms with Gasteiger partial charge in [-0.05, 0) is 27.9 Å². The van der Waals surface area contributed by atoms with E-state index in [1.165, 1.54) is 0 Å². The number of likely N-dealkylation sites (N-methyl/N-ethyl adjacent to an activating group) is 2. The first-order valence-corrected chi connectivity index (χ1v) is 6.58. The van der Waals surface area contributed by atoms with Crippen LogP contribution < -0.4 is 5.32 Å². The molecule has 0 radical (unpaired) electrons. The Morgan fingerprint density at radius 2 is 2.11 bits per heavy atom.